The van der Waals surface area contributed by atoms with Gasteiger partial charge >= 0.3 is 0 Å². The zero-order chi connectivity index (χ0) is 14.9. The largest absolute Gasteiger partial charge is 0.298 e. The van der Waals surface area contributed by atoms with Crippen LogP contribution in [-0.2, 0) is 15.9 Å². The second-order valence-corrected chi connectivity index (χ2v) is 8.03. The summed E-state index contributed by atoms with van der Waals surface area (Å²) in [6.45, 7) is 3.16. The van der Waals surface area contributed by atoms with E-state index in [9.17, 15) is 8.42 Å². The van der Waals surface area contributed by atoms with E-state index >= 15 is 0 Å². The van der Waals surface area contributed by atoms with Gasteiger partial charge in [-0.15, -0.1) is 11.6 Å². The Balaban J connectivity index is 1.81. The van der Waals surface area contributed by atoms with E-state index in [4.69, 9.17) is 11.6 Å². The van der Waals surface area contributed by atoms with Gasteiger partial charge in [-0.3, -0.25) is 4.90 Å². The third kappa shape index (κ3) is 3.11. The second-order valence-electron chi connectivity index (χ2n) is 5.83. The van der Waals surface area contributed by atoms with Crippen molar-refractivity contribution in [3.8, 4) is 0 Å². The third-order valence-electron chi connectivity index (χ3n) is 4.49. The molecule has 2 heterocycles. The van der Waals surface area contributed by atoms with Gasteiger partial charge in [0.25, 0.3) is 0 Å². The number of fused-ring (bicyclic) bond motifs is 1. The number of alkyl halides is 1. The van der Waals surface area contributed by atoms with Crippen LogP contribution in [0.4, 0.5) is 0 Å². The van der Waals surface area contributed by atoms with Crippen molar-refractivity contribution in [3.05, 3.63) is 29.8 Å². The number of hydrogen-bond acceptors (Lipinski definition) is 3. The first-order valence-electron chi connectivity index (χ1n) is 7.50. The lowest BCUT2D eigenvalue weighted by Crippen LogP contribution is -2.56. The first-order chi connectivity index (χ1) is 10.1. The van der Waals surface area contributed by atoms with Crippen LogP contribution in [0.3, 0.4) is 0 Å². The molecule has 2 aliphatic heterocycles. The predicted molar refractivity (Wildman–Crippen MR) is 84.0 cm³/mol. The van der Waals surface area contributed by atoms with Crippen LogP contribution in [0.5, 0.6) is 0 Å². The van der Waals surface area contributed by atoms with E-state index in [1.54, 1.807) is 22.5 Å². The molecular weight excluding hydrogens is 308 g/mol. The van der Waals surface area contributed by atoms with Crippen molar-refractivity contribution in [2.45, 2.75) is 36.1 Å². The van der Waals surface area contributed by atoms with Gasteiger partial charge in [-0.25, -0.2) is 8.42 Å². The lowest BCUT2D eigenvalue weighted by molar-refractivity contribution is 0.0852. The average Bonchev–Trinajstić information content (AvgIpc) is 2.54. The number of hydrogen-bond donors (Lipinski definition) is 0. The smallest absolute Gasteiger partial charge is 0.243 e. The van der Waals surface area contributed by atoms with Gasteiger partial charge in [-0.1, -0.05) is 18.6 Å². The molecule has 0 saturated carbocycles. The Kier molecular flexibility index (Phi) is 4.54. The lowest BCUT2D eigenvalue weighted by atomic mass is 10.0. The molecule has 6 heteroatoms. The third-order valence-corrected chi connectivity index (χ3v) is 6.66. The van der Waals surface area contributed by atoms with E-state index in [2.05, 4.69) is 4.90 Å². The summed E-state index contributed by atoms with van der Waals surface area (Å²) in [5.41, 5.74) is 0.842. The summed E-state index contributed by atoms with van der Waals surface area (Å²) in [4.78, 5) is 2.80. The van der Waals surface area contributed by atoms with Crippen LogP contribution in [0.1, 0.15) is 24.8 Å². The van der Waals surface area contributed by atoms with E-state index in [-0.39, 0.29) is 0 Å². The van der Waals surface area contributed by atoms with Gasteiger partial charge in [-0.2, -0.15) is 4.31 Å². The fourth-order valence-corrected chi connectivity index (χ4v) is 4.99. The Morgan fingerprint density at radius 2 is 2.05 bits per heavy atom. The first kappa shape index (κ1) is 15.3. The van der Waals surface area contributed by atoms with E-state index in [1.807, 2.05) is 6.07 Å². The number of piperazine rings is 1. The second kappa shape index (κ2) is 6.24. The van der Waals surface area contributed by atoms with E-state index in [0.29, 0.717) is 29.9 Å². The van der Waals surface area contributed by atoms with Crippen molar-refractivity contribution in [1.82, 2.24) is 9.21 Å². The molecular formula is C15H21ClN2O2S. The molecule has 1 atom stereocenters. The van der Waals surface area contributed by atoms with Crippen molar-refractivity contribution in [2.75, 3.05) is 26.2 Å². The highest BCUT2D eigenvalue weighted by Gasteiger charge is 2.35. The number of halogens is 1. The van der Waals surface area contributed by atoms with E-state index in [0.717, 1.165) is 25.1 Å². The molecule has 0 N–H and O–H groups in total. The number of rotatable bonds is 3. The number of piperidine rings is 1. The molecule has 1 unspecified atom stereocenters. The van der Waals surface area contributed by atoms with Gasteiger partial charge in [0.1, 0.15) is 0 Å². The maximum Gasteiger partial charge on any atom is 0.243 e. The van der Waals surface area contributed by atoms with Crippen LogP contribution >= 0.6 is 11.6 Å². The zero-order valence-electron chi connectivity index (χ0n) is 12.0. The fraction of sp³-hybridized carbons (Fsp3) is 0.600. The molecule has 0 bridgehead atoms. The van der Waals surface area contributed by atoms with Gasteiger partial charge in [0.15, 0.2) is 0 Å². The molecule has 0 radical (unpaired) electrons. The molecule has 0 aromatic heterocycles. The summed E-state index contributed by atoms with van der Waals surface area (Å²) < 4.78 is 27.2. The minimum absolute atomic E-state index is 0.333. The zero-order valence-corrected chi connectivity index (χ0v) is 13.6. The maximum atomic E-state index is 12.8. The summed E-state index contributed by atoms with van der Waals surface area (Å²) in [6.07, 6.45) is 3.55. The SMILES string of the molecule is O=S(=O)(c1cccc(CCl)c1)N1CCN2CCCCC2C1. The van der Waals surface area contributed by atoms with Crippen molar-refractivity contribution >= 4 is 21.6 Å². The molecule has 1 aromatic rings. The van der Waals surface area contributed by atoms with E-state index in [1.165, 1.54) is 12.8 Å². The normalized spacial score (nSPS) is 24.7. The summed E-state index contributed by atoms with van der Waals surface area (Å²) in [5.74, 6) is 0.333. The Morgan fingerprint density at radius 3 is 2.86 bits per heavy atom. The monoisotopic (exact) mass is 328 g/mol. The molecule has 116 valence electrons. The summed E-state index contributed by atoms with van der Waals surface area (Å²) >= 11 is 5.81. The molecule has 0 aliphatic carbocycles. The Labute approximate surface area is 131 Å². The molecule has 0 spiro atoms. The first-order valence-corrected chi connectivity index (χ1v) is 9.48. The van der Waals surface area contributed by atoms with Gasteiger partial charge in [0.05, 0.1) is 4.90 Å². The highest BCUT2D eigenvalue weighted by atomic mass is 35.5. The van der Waals surface area contributed by atoms with Crippen LogP contribution < -0.4 is 0 Å². The van der Waals surface area contributed by atoms with Gasteiger partial charge in [0.2, 0.25) is 10.0 Å². The van der Waals surface area contributed by atoms with Crippen LogP contribution in [0.2, 0.25) is 0 Å². The number of nitrogens with zero attached hydrogens (tertiary/aromatic N) is 2. The molecule has 0 amide bonds. The molecule has 3 rings (SSSR count). The molecule has 2 saturated heterocycles. The van der Waals surface area contributed by atoms with Crippen molar-refractivity contribution in [2.24, 2.45) is 0 Å². The highest BCUT2D eigenvalue weighted by Crippen LogP contribution is 2.25. The molecule has 1 aromatic carbocycles. The predicted octanol–water partition coefficient (Wildman–Crippen LogP) is 2.28. The Bertz CT molecular complexity index is 605. The maximum absolute atomic E-state index is 12.8. The minimum atomic E-state index is -3.40. The molecule has 2 fully saturated rings. The molecule has 2 aliphatic rings. The lowest BCUT2D eigenvalue weighted by Gasteiger charge is -2.43. The Hall–Kier alpha value is -0.620. The fourth-order valence-electron chi connectivity index (χ4n) is 3.28. The topological polar surface area (TPSA) is 40.6 Å². The van der Waals surface area contributed by atoms with Crippen molar-refractivity contribution < 1.29 is 8.42 Å². The van der Waals surface area contributed by atoms with Crippen LogP contribution in [0.25, 0.3) is 0 Å². The number of sulfonamides is 1. The van der Waals surface area contributed by atoms with E-state index < -0.39 is 10.0 Å². The van der Waals surface area contributed by atoms with Crippen LogP contribution in [-0.4, -0.2) is 49.8 Å². The van der Waals surface area contributed by atoms with Crippen molar-refractivity contribution in [1.29, 1.82) is 0 Å². The Morgan fingerprint density at radius 1 is 1.19 bits per heavy atom. The standard InChI is InChI=1S/C15H21ClN2O2S/c16-11-13-4-3-6-15(10-13)21(19,20)18-9-8-17-7-2-1-5-14(17)12-18/h3-4,6,10,14H,1-2,5,7-9,11-12H2. The summed E-state index contributed by atoms with van der Waals surface area (Å²) in [5, 5.41) is 0. The van der Waals surface area contributed by atoms with Crippen LogP contribution in [0, 0.1) is 0 Å². The molecule has 21 heavy (non-hydrogen) atoms. The van der Waals surface area contributed by atoms with Gasteiger partial charge in [-0.05, 0) is 37.1 Å². The van der Waals surface area contributed by atoms with Crippen molar-refractivity contribution in [3.63, 3.8) is 0 Å². The summed E-state index contributed by atoms with van der Waals surface area (Å²) in [6, 6.07) is 7.36. The minimum Gasteiger partial charge on any atom is -0.298 e. The van der Waals surface area contributed by atoms with Gasteiger partial charge < -0.3 is 0 Å². The average molecular weight is 329 g/mol. The highest BCUT2D eigenvalue weighted by molar-refractivity contribution is 7.89. The van der Waals surface area contributed by atoms with Crippen LogP contribution in [0.15, 0.2) is 29.2 Å². The summed E-state index contributed by atoms with van der Waals surface area (Å²) in [7, 11) is -3.40. The van der Waals surface area contributed by atoms with Gasteiger partial charge in [0, 0.05) is 31.6 Å². The quantitative estimate of drug-likeness (QED) is 0.799. The molecule has 4 nitrogen and oxygen atoms in total. The number of benzene rings is 1.